The molecule has 3 rings (SSSR count). The number of hydrogen-bond acceptors (Lipinski definition) is 3. The van der Waals surface area contributed by atoms with Crippen LogP contribution in [0.3, 0.4) is 0 Å². The lowest BCUT2D eigenvalue weighted by atomic mass is 10.0. The number of carboxylic acid groups (broad SMARTS) is 1. The van der Waals surface area contributed by atoms with Crippen molar-refractivity contribution in [1.82, 2.24) is 0 Å². The number of fused-ring (bicyclic) bond motifs is 1. The maximum Gasteiger partial charge on any atom is 0.430 e. The van der Waals surface area contributed by atoms with Crippen molar-refractivity contribution >= 4 is 12.0 Å². The van der Waals surface area contributed by atoms with Gasteiger partial charge in [0.2, 0.25) is 6.10 Å². The summed E-state index contributed by atoms with van der Waals surface area (Å²) in [4.78, 5) is 11.2. The minimum absolute atomic E-state index is 0.0873. The highest BCUT2D eigenvalue weighted by atomic mass is 19.4. The molecular weight excluding hydrogens is 325 g/mol. The van der Waals surface area contributed by atoms with Crippen LogP contribution in [-0.4, -0.2) is 23.4 Å². The van der Waals surface area contributed by atoms with E-state index in [2.05, 4.69) is 0 Å². The van der Waals surface area contributed by atoms with Crippen LogP contribution in [0, 0.1) is 0 Å². The van der Waals surface area contributed by atoms with Gasteiger partial charge in [-0.15, -0.1) is 0 Å². The van der Waals surface area contributed by atoms with Gasteiger partial charge in [-0.1, -0.05) is 24.3 Å². The molecule has 1 N–H and O–H groups in total. The van der Waals surface area contributed by atoms with Gasteiger partial charge in [-0.3, -0.25) is 0 Å². The Balaban J connectivity index is 2.05. The van der Waals surface area contributed by atoms with E-state index in [4.69, 9.17) is 14.6 Å². The standard InChI is InChI=1S/C17H11F3O4/c18-17(19,20)15-12(16(21)22)9-11-13(7-4-8-14(11)24-15)23-10-5-2-1-3-6-10/h1-9,15H,(H,21,22). The van der Waals surface area contributed by atoms with Crippen LogP contribution in [0.2, 0.25) is 0 Å². The van der Waals surface area contributed by atoms with Crippen molar-refractivity contribution in [3.05, 3.63) is 59.7 Å². The Morgan fingerprint density at radius 1 is 1.08 bits per heavy atom. The number of para-hydroxylation sites is 1. The van der Waals surface area contributed by atoms with Crippen LogP contribution in [0.1, 0.15) is 5.56 Å². The van der Waals surface area contributed by atoms with E-state index in [-0.39, 0.29) is 17.1 Å². The molecule has 0 saturated carbocycles. The molecule has 0 amide bonds. The maximum absolute atomic E-state index is 13.0. The van der Waals surface area contributed by atoms with E-state index in [9.17, 15) is 18.0 Å². The van der Waals surface area contributed by atoms with Crippen LogP contribution < -0.4 is 9.47 Å². The van der Waals surface area contributed by atoms with Crippen molar-refractivity contribution in [1.29, 1.82) is 0 Å². The van der Waals surface area contributed by atoms with Crippen molar-refractivity contribution in [3.63, 3.8) is 0 Å². The van der Waals surface area contributed by atoms with Crippen molar-refractivity contribution in [2.45, 2.75) is 12.3 Å². The summed E-state index contributed by atoms with van der Waals surface area (Å²) in [6, 6.07) is 12.9. The number of aliphatic carboxylic acids is 1. The molecule has 24 heavy (non-hydrogen) atoms. The number of carboxylic acids is 1. The van der Waals surface area contributed by atoms with Gasteiger partial charge in [0.25, 0.3) is 0 Å². The van der Waals surface area contributed by atoms with Gasteiger partial charge in [-0.2, -0.15) is 13.2 Å². The Morgan fingerprint density at radius 3 is 2.42 bits per heavy atom. The van der Waals surface area contributed by atoms with Crippen molar-refractivity contribution in [2.75, 3.05) is 0 Å². The normalized spacial score (nSPS) is 16.6. The van der Waals surface area contributed by atoms with E-state index in [1.807, 2.05) is 0 Å². The van der Waals surface area contributed by atoms with E-state index < -0.39 is 23.8 Å². The molecule has 7 heteroatoms. The van der Waals surface area contributed by atoms with Crippen molar-refractivity contribution in [2.24, 2.45) is 0 Å². The van der Waals surface area contributed by atoms with E-state index >= 15 is 0 Å². The number of alkyl halides is 3. The second kappa shape index (κ2) is 5.92. The minimum Gasteiger partial charge on any atom is -0.478 e. The molecule has 1 aliphatic heterocycles. The number of benzene rings is 2. The largest absolute Gasteiger partial charge is 0.478 e. The average Bonchev–Trinajstić information content (AvgIpc) is 2.54. The van der Waals surface area contributed by atoms with Crippen LogP contribution in [0.5, 0.6) is 17.2 Å². The van der Waals surface area contributed by atoms with Crippen molar-refractivity contribution < 1.29 is 32.5 Å². The lowest BCUT2D eigenvalue weighted by Crippen LogP contribution is -2.40. The molecule has 0 fully saturated rings. The molecule has 0 saturated heterocycles. The third-order valence-electron chi connectivity index (χ3n) is 3.37. The second-order valence-electron chi connectivity index (χ2n) is 5.03. The van der Waals surface area contributed by atoms with Gasteiger partial charge in [0.1, 0.15) is 17.2 Å². The smallest absolute Gasteiger partial charge is 0.430 e. The first-order valence-corrected chi connectivity index (χ1v) is 6.90. The first kappa shape index (κ1) is 15.9. The second-order valence-corrected chi connectivity index (χ2v) is 5.03. The molecule has 0 aromatic heterocycles. The van der Waals surface area contributed by atoms with E-state index in [1.165, 1.54) is 18.2 Å². The number of halogens is 3. The summed E-state index contributed by atoms with van der Waals surface area (Å²) in [5.74, 6) is -1.11. The zero-order valence-electron chi connectivity index (χ0n) is 12.1. The number of carbonyl (C=O) groups is 1. The lowest BCUT2D eigenvalue weighted by molar-refractivity contribution is -0.187. The van der Waals surface area contributed by atoms with Crippen LogP contribution >= 0.6 is 0 Å². The van der Waals surface area contributed by atoms with Gasteiger partial charge in [0.05, 0.1) is 11.1 Å². The summed E-state index contributed by atoms with van der Waals surface area (Å²) in [6.07, 6.45) is -6.41. The first-order chi connectivity index (χ1) is 11.4. The maximum atomic E-state index is 13.0. The third-order valence-corrected chi connectivity index (χ3v) is 3.37. The molecule has 124 valence electrons. The predicted molar refractivity (Wildman–Crippen MR) is 79.0 cm³/mol. The molecule has 1 atom stereocenters. The number of hydrogen-bond donors (Lipinski definition) is 1. The van der Waals surface area contributed by atoms with Crippen LogP contribution in [-0.2, 0) is 4.79 Å². The zero-order chi connectivity index (χ0) is 17.3. The van der Waals surface area contributed by atoms with Gasteiger partial charge in [0.15, 0.2) is 0 Å². The van der Waals surface area contributed by atoms with Gasteiger partial charge in [-0.25, -0.2) is 4.79 Å². The lowest BCUT2D eigenvalue weighted by Gasteiger charge is -2.27. The Kier molecular flexibility index (Phi) is 3.92. The summed E-state index contributed by atoms with van der Waals surface area (Å²) < 4.78 is 49.6. The Bertz CT molecular complexity index is 797. The van der Waals surface area contributed by atoms with Gasteiger partial charge >= 0.3 is 12.1 Å². The third kappa shape index (κ3) is 3.05. The Labute approximate surface area is 134 Å². The molecule has 0 spiro atoms. The Morgan fingerprint density at radius 2 is 1.79 bits per heavy atom. The molecule has 0 aliphatic carbocycles. The van der Waals surface area contributed by atoms with Crippen molar-refractivity contribution in [3.8, 4) is 17.2 Å². The highest BCUT2D eigenvalue weighted by Crippen LogP contribution is 2.41. The summed E-state index contributed by atoms with van der Waals surface area (Å²) in [7, 11) is 0. The van der Waals surface area contributed by atoms with Gasteiger partial charge < -0.3 is 14.6 Å². The van der Waals surface area contributed by atoms with Crippen LogP contribution in [0.25, 0.3) is 6.08 Å². The van der Waals surface area contributed by atoms with E-state index in [0.29, 0.717) is 5.75 Å². The quantitative estimate of drug-likeness (QED) is 0.909. The molecule has 1 heterocycles. The molecule has 2 aromatic carbocycles. The van der Waals surface area contributed by atoms with Gasteiger partial charge in [-0.05, 0) is 30.3 Å². The SMILES string of the molecule is O=C(O)C1=Cc2c(Oc3ccccc3)cccc2OC1C(F)(F)F. The minimum atomic E-state index is -4.84. The summed E-state index contributed by atoms with van der Waals surface area (Å²) in [6.45, 7) is 0. The van der Waals surface area contributed by atoms with Crippen LogP contribution in [0.4, 0.5) is 13.2 Å². The summed E-state index contributed by atoms with van der Waals surface area (Å²) >= 11 is 0. The fraction of sp³-hybridized carbons (Fsp3) is 0.118. The van der Waals surface area contributed by atoms with Gasteiger partial charge in [0, 0.05) is 0 Å². The zero-order valence-corrected chi connectivity index (χ0v) is 12.1. The predicted octanol–water partition coefficient (Wildman–Crippen LogP) is 4.27. The fourth-order valence-electron chi connectivity index (χ4n) is 2.31. The highest BCUT2D eigenvalue weighted by Gasteiger charge is 2.48. The van der Waals surface area contributed by atoms with E-state index in [1.54, 1.807) is 30.3 Å². The molecule has 2 aromatic rings. The Hall–Kier alpha value is -2.96. The highest BCUT2D eigenvalue weighted by molar-refractivity contribution is 5.95. The molecule has 1 unspecified atom stereocenters. The summed E-state index contributed by atoms with van der Waals surface area (Å²) in [5, 5.41) is 9.09. The van der Waals surface area contributed by atoms with Crippen LogP contribution in [0.15, 0.2) is 54.1 Å². The summed E-state index contributed by atoms with van der Waals surface area (Å²) in [5.41, 5.74) is -0.738. The number of rotatable bonds is 3. The molecule has 1 aliphatic rings. The molecule has 0 bridgehead atoms. The fourth-order valence-corrected chi connectivity index (χ4v) is 2.31. The topological polar surface area (TPSA) is 55.8 Å². The van der Waals surface area contributed by atoms with E-state index in [0.717, 1.165) is 6.08 Å². The molecule has 0 radical (unpaired) electrons. The first-order valence-electron chi connectivity index (χ1n) is 6.90. The molecule has 4 nitrogen and oxygen atoms in total. The molecular formula is C17H11F3O4. The average molecular weight is 336 g/mol. The number of ether oxygens (including phenoxy) is 2. The monoisotopic (exact) mass is 336 g/mol.